The van der Waals surface area contributed by atoms with E-state index in [2.05, 4.69) is 5.32 Å². The van der Waals surface area contributed by atoms with Gasteiger partial charge in [-0.2, -0.15) is 5.26 Å². The molecule has 0 spiro atoms. The lowest BCUT2D eigenvalue weighted by atomic mass is 10.3. The van der Waals surface area contributed by atoms with Gasteiger partial charge in [-0.1, -0.05) is 0 Å². The van der Waals surface area contributed by atoms with Gasteiger partial charge in [0.1, 0.15) is 6.07 Å². The number of nitrogens with two attached hydrogens (primary N) is 2. The van der Waals surface area contributed by atoms with E-state index in [0.29, 0.717) is 19.8 Å². The third kappa shape index (κ3) is 5.70. The van der Waals surface area contributed by atoms with E-state index in [0.717, 1.165) is 0 Å². The summed E-state index contributed by atoms with van der Waals surface area (Å²) in [5.74, 6) is 0.0198. The molecule has 0 aliphatic carbocycles. The molecule has 0 saturated heterocycles. The van der Waals surface area contributed by atoms with Gasteiger partial charge < -0.3 is 10.1 Å². The van der Waals surface area contributed by atoms with Crippen molar-refractivity contribution >= 4 is 5.84 Å². The standard InChI is InChI=1S/C8H14N4O/c1-2-13-4-3-12-6-7(5-9)8(10)11/h6,12H,2-4H2,1H3,(H3,10,11)/p+1/b7-6-. The van der Waals surface area contributed by atoms with Crippen LogP contribution in [0.1, 0.15) is 6.92 Å². The van der Waals surface area contributed by atoms with Crippen molar-refractivity contribution in [3.8, 4) is 6.07 Å². The Labute approximate surface area is 77.7 Å². The summed E-state index contributed by atoms with van der Waals surface area (Å²) >= 11 is 0. The fourth-order valence-electron chi connectivity index (χ4n) is 0.630. The van der Waals surface area contributed by atoms with Gasteiger partial charge in [-0.25, -0.2) is 0 Å². The number of amidine groups is 1. The molecule has 0 bridgehead atoms. The Kier molecular flexibility index (Phi) is 6.28. The molecular weight excluding hydrogens is 168 g/mol. The maximum absolute atomic E-state index is 8.53. The molecule has 5 N–H and O–H groups in total. The Morgan fingerprint density at radius 2 is 2.46 bits per heavy atom. The summed E-state index contributed by atoms with van der Waals surface area (Å²) in [4.78, 5) is 0. The van der Waals surface area contributed by atoms with Crippen molar-refractivity contribution in [3.63, 3.8) is 0 Å². The largest absolute Gasteiger partial charge is 0.387 e. The van der Waals surface area contributed by atoms with E-state index in [1.165, 1.54) is 6.20 Å². The first kappa shape index (κ1) is 11.5. The number of hydrogen-bond donors (Lipinski definition) is 3. The lowest BCUT2D eigenvalue weighted by Gasteiger charge is -2.00. The Morgan fingerprint density at radius 3 is 2.92 bits per heavy atom. The SMILES string of the molecule is CCOCCN/C=C(/C#N)C(N)=[NH2+]. The van der Waals surface area contributed by atoms with Crippen LogP contribution in [0.3, 0.4) is 0 Å². The van der Waals surface area contributed by atoms with E-state index in [1.54, 1.807) is 0 Å². The second-order valence-corrected chi connectivity index (χ2v) is 2.28. The molecule has 0 atom stereocenters. The molecule has 0 aromatic rings. The molecular formula is C8H15N4O+. The first-order chi connectivity index (χ1) is 6.22. The molecule has 0 unspecified atom stereocenters. The van der Waals surface area contributed by atoms with Gasteiger partial charge >= 0.3 is 0 Å². The van der Waals surface area contributed by atoms with E-state index >= 15 is 0 Å². The fraction of sp³-hybridized carbons (Fsp3) is 0.500. The van der Waals surface area contributed by atoms with Crippen LogP contribution in [0.4, 0.5) is 0 Å². The molecule has 0 rings (SSSR count). The number of nitrogens with one attached hydrogen (secondary N) is 1. The maximum Gasteiger partial charge on any atom is 0.283 e. The van der Waals surface area contributed by atoms with Crippen molar-refractivity contribution in [2.75, 3.05) is 19.8 Å². The van der Waals surface area contributed by atoms with Crippen LogP contribution < -0.4 is 16.5 Å². The Bertz CT molecular complexity index is 229. The van der Waals surface area contributed by atoms with E-state index in [9.17, 15) is 0 Å². The molecule has 13 heavy (non-hydrogen) atoms. The summed E-state index contributed by atoms with van der Waals surface area (Å²) < 4.78 is 5.07. The minimum absolute atomic E-state index is 0.0198. The first-order valence-corrected chi connectivity index (χ1v) is 4.02. The van der Waals surface area contributed by atoms with Crippen molar-refractivity contribution in [2.45, 2.75) is 6.92 Å². The molecule has 0 fully saturated rings. The van der Waals surface area contributed by atoms with Crippen LogP contribution in [0.2, 0.25) is 0 Å². The molecule has 5 heteroatoms. The van der Waals surface area contributed by atoms with Crippen molar-refractivity contribution < 1.29 is 10.1 Å². The number of nitrogens with zero attached hydrogens (tertiary/aromatic N) is 1. The third-order valence-corrected chi connectivity index (χ3v) is 1.27. The van der Waals surface area contributed by atoms with Crippen LogP contribution in [-0.2, 0) is 4.74 Å². The van der Waals surface area contributed by atoms with Crippen molar-refractivity contribution in [2.24, 2.45) is 5.73 Å². The highest BCUT2D eigenvalue weighted by atomic mass is 16.5. The predicted molar refractivity (Wildman–Crippen MR) is 49.3 cm³/mol. The van der Waals surface area contributed by atoms with Crippen molar-refractivity contribution in [3.05, 3.63) is 11.8 Å². The van der Waals surface area contributed by atoms with Gasteiger partial charge in [-0.05, 0) is 6.92 Å². The van der Waals surface area contributed by atoms with Gasteiger partial charge in [-0.15, -0.1) is 0 Å². The van der Waals surface area contributed by atoms with Crippen LogP contribution in [0.25, 0.3) is 0 Å². The van der Waals surface area contributed by atoms with E-state index in [-0.39, 0.29) is 11.4 Å². The Hall–Kier alpha value is -1.54. The van der Waals surface area contributed by atoms with Gasteiger partial charge in [0.2, 0.25) is 0 Å². The fourth-order valence-corrected chi connectivity index (χ4v) is 0.630. The molecule has 5 nitrogen and oxygen atoms in total. The molecule has 0 saturated carbocycles. The summed E-state index contributed by atoms with van der Waals surface area (Å²) in [5, 5.41) is 16.6. The van der Waals surface area contributed by atoms with Gasteiger partial charge in [0.05, 0.1) is 6.61 Å². The maximum atomic E-state index is 8.53. The zero-order valence-corrected chi connectivity index (χ0v) is 7.71. The lowest BCUT2D eigenvalue weighted by molar-refractivity contribution is -0.114. The minimum atomic E-state index is 0.0198. The zero-order valence-electron chi connectivity index (χ0n) is 7.71. The highest BCUT2D eigenvalue weighted by molar-refractivity contribution is 5.95. The molecule has 0 aromatic heterocycles. The van der Waals surface area contributed by atoms with Crippen molar-refractivity contribution in [1.29, 1.82) is 5.26 Å². The van der Waals surface area contributed by atoms with Gasteiger partial charge in [0.25, 0.3) is 5.84 Å². The highest BCUT2D eigenvalue weighted by Gasteiger charge is 2.02. The predicted octanol–water partition coefficient (Wildman–Crippen LogP) is -1.86. The third-order valence-electron chi connectivity index (χ3n) is 1.27. The van der Waals surface area contributed by atoms with Gasteiger partial charge in [0.15, 0.2) is 5.57 Å². The lowest BCUT2D eigenvalue weighted by Crippen LogP contribution is -2.46. The quantitative estimate of drug-likeness (QED) is 0.195. The smallest absolute Gasteiger partial charge is 0.283 e. The number of nitriles is 1. The summed E-state index contributed by atoms with van der Waals surface area (Å²) in [6.45, 7) is 3.83. The van der Waals surface area contributed by atoms with Gasteiger partial charge in [-0.3, -0.25) is 11.1 Å². The van der Waals surface area contributed by atoms with E-state index in [4.69, 9.17) is 21.1 Å². The molecule has 0 radical (unpaired) electrons. The number of hydrogen-bond acceptors (Lipinski definition) is 3. The molecule has 0 heterocycles. The second kappa shape index (κ2) is 7.13. The van der Waals surface area contributed by atoms with Crippen LogP contribution >= 0.6 is 0 Å². The number of rotatable bonds is 6. The van der Waals surface area contributed by atoms with Crippen LogP contribution in [0.15, 0.2) is 11.8 Å². The molecule has 0 aliphatic heterocycles. The second-order valence-electron chi connectivity index (χ2n) is 2.28. The van der Waals surface area contributed by atoms with Crippen LogP contribution in [0, 0.1) is 11.3 Å². The monoisotopic (exact) mass is 183 g/mol. The normalized spacial score (nSPS) is 10.6. The molecule has 0 aromatic carbocycles. The van der Waals surface area contributed by atoms with E-state index < -0.39 is 0 Å². The summed E-state index contributed by atoms with van der Waals surface area (Å²) in [7, 11) is 0. The van der Waals surface area contributed by atoms with Gasteiger partial charge in [0, 0.05) is 19.4 Å². The number of ether oxygens (including phenoxy) is 1. The van der Waals surface area contributed by atoms with Crippen LogP contribution in [-0.4, -0.2) is 25.6 Å². The highest BCUT2D eigenvalue weighted by Crippen LogP contribution is 1.84. The molecule has 72 valence electrons. The summed E-state index contributed by atoms with van der Waals surface area (Å²) in [6.07, 6.45) is 1.48. The summed E-state index contributed by atoms with van der Waals surface area (Å²) in [5.41, 5.74) is 5.47. The van der Waals surface area contributed by atoms with Crippen LogP contribution in [0.5, 0.6) is 0 Å². The average Bonchev–Trinajstić information content (AvgIpc) is 2.10. The molecule has 0 amide bonds. The van der Waals surface area contributed by atoms with E-state index in [1.807, 2.05) is 13.0 Å². The first-order valence-electron chi connectivity index (χ1n) is 4.02. The Morgan fingerprint density at radius 1 is 1.77 bits per heavy atom. The summed E-state index contributed by atoms with van der Waals surface area (Å²) in [6, 6.07) is 1.86. The minimum Gasteiger partial charge on any atom is -0.387 e. The average molecular weight is 183 g/mol. The molecule has 0 aliphatic rings. The topological polar surface area (TPSA) is 96.7 Å². The van der Waals surface area contributed by atoms with Crippen molar-refractivity contribution in [1.82, 2.24) is 5.32 Å². The Balaban J connectivity index is 3.70. The zero-order chi connectivity index (χ0) is 10.1.